The molecule has 0 fully saturated rings. The van der Waals surface area contributed by atoms with Gasteiger partial charge in [0.1, 0.15) is 18.4 Å². The Morgan fingerprint density at radius 1 is 1.24 bits per heavy atom. The Balaban J connectivity index is 1.41. The molecule has 0 saturated carbocycles. The third-order valence-electron chi connectivity index (χ3n) is 6.00. The smallest absolute Gasteiger partial charge is 0.214 e. The minimum absolute atomic E-state index is 0.0960. The zero-order valence-corrected chi connectivity index (χ0v) is 20.6. The largest absolute Gasteiger partial charge is 0.469 e. The van der Waals surface area contributed by atoms with Crippen molar-refractivity contribution in [2.75, 3.05) is 6.61 Å². The summed E-state index contributed by atoms with van der Waals surface area (Å²) in [7, 11) is -1.17. The van der Waals surface area contributed by atoms with Crippen LogP contribution in [0.2, 0.25) is 25.7 Å². The van der Waals surface area contributed by atoms with Crippen molar-refractivity contribution in [1.29, 1.82) is 5.26 Å². The highest BCUT2D eigenvalue weighted by Crippen LogP contribution is 2.36. The molecule has 5 rings (SSSR count). The molecule has 4 aromatic rings. The van der Waals surface area contributed by atoms with Crippen LogP contribution in [0.15, 0.2) is 47.3 Å². The zero-order chi connectivity index (χ0) is 23.7. The van der Waals surface area contributed by atoms with Crippen LogP contribution in [0.5, 0.6) is 5.88 Å². The maximum Gasteiger partial charge on any atom is 0.214 e. The Morgan fingerprint density at radius 3 is 2.88 bits per heavy atom. The van der Waals surface area contributed by atoms with Gasteiger partial charge in [-0.3, -0.25) is 0 Å². The van der Waals surface area contributed by atoms with Gasteiger partial charge in [0.05, 0.1) is 23.3 Å². The van der Waals surface area contributed by atoms with Crippen molar-refractivity contribution in [3.05, 3.63) is 59.6 Å². The Bertz CT molecular complexity index is 1350. The second-order valence-electron chi connectivity index (χ2n) is 9.75. The number of hydrogen-bond donors (Lipinski definition) is 0. The van der Waals surface area contributed by atoms with E-state index in [9.17, 15) is 0 Å². The predicted octanol–water partition coefficient (Wildman–Crippen LogP) is 5.34. The Kier molecular flexibility index (Phi) is 5.94. The van der Waals surface area contributed by atoms with Crippen LogP contribution in [0, 0.1) is 11.3 Å². The first-order valence-corrected chi connectivity index (χ1v) is 15.2. The third kappa shape index (κ3) is 4.60. The monoisotopic (exact) mass is 473 g/mol. The second-order valence-corrected chi connectivity index (χ2v) is 15.4. The van der Waals surface area contributed by atoms with Crippen LogP contribution in [0.25, 0.3) is 22.5 Å². The molecule has 34 heavy (non-hydrogen) atoms. The van der Waals surface area contributed by atoms with Gasteiger partial charge in [0.25, 0.3) is 0 Å². The molecule has 1 aromatic carbocycles. The van der Waals surface area contributed by atoms with Crippen LogP contribution in [0.3, 0.4) is 0 Å². The van der Waals surface area contributed by atoms with Crippen LogP contribution in [0.4, 0.5) is 0 Å². The van der Waals surface area contributed by atoms with E-state index in [0.717, 1.165) is 35.5 Å². The van der Waals surface area contributed by atoms with E-state index in [1.807, 2.05) is 35.0 Å². The van der Waals surface area contributed by atoms with Crippen LogP contribution >= 0.6 is 0 Å². The molecule has 1 aliphatic rings. The fourth-order valence-corrected chi connectivity index (χ4v) is 4.90. The summed E-state index contributed by atoms with van der Waals surface area (Å²) < 4.78 is 19.6. The molecule has 9 heteroatoms. The van der Waals surface area contributed by atoms with Crippen molar-refractivity contribution < 1.29 is 13.9 Å². The van der Waals surface area contributed by atoms with Crippen molar-refractivity contribution in [3.8, 4) is 23.4 Å². The first kappa shape index (κ1) is 22.3. The number of nitrogens with zero attached hydrogens (tertiary/aromatic N) is 5. The molecule has 0 N–H and O–H groups in total. The lowest BCUT2D eigenvalue weighted by molar-refractivity contribution is 0.0818. The number of rotatable bonds is 8. The molecule has 1 unspecified atom stereocenters. The van der Waals surface area contributed by atoms with Gasteiger partial charge >= 0.3 is 0 Å². The summed E-state index contributed by atoms with van der Waals surface area (Å²) in [6, 6.07) is 12.9. The van der Waals surface area contributed by atoms with Gasteiger partial charge in [-0.15, -0.1) is 0 Å². The molecule has 1 atom stereocenters. The number of ether oxygens (including phenoxy) is 2. The average Bonchev–Trinajstić information content (AvgIpc) is 3.55. The maximum atomic E-state index is 9.16. The van der Waals surface area contributed by atoms with Crippen molar-refractivity contribution in [3.63, 3.8) is 0 Å². The summed E-state index contributed by atoms with van der Waals surface area (Å²) in [5.41, 5.74) is 5.09. The topological polar surface area (TPSA) is 99.0 Å². The van der Waals surface area contributed by atoms with E-state index >= 15 is 0 Å². The predicted molar refractivity (Wildman–Crippen MR) is 130 cm³/mol. The van der Waals surface area contributed by atoms with Crippen LogP contribution < -0.4 is 4.74 Å². The number of benzene rings is 1. The Labute approximate surface area is 199 Å². The van der Waals surface area contributed by atoms with E-state index in [2.05, 4.69) is 30.7 Å². The first-order valence-electron chi connectivity index (χ1n) is 11.4. The Morgan fingerprint density at radius 2 is 2.12 bits per heavy atom. The Hall–Kier alpha value is -3.48. The number of aromatic nitrogens is 4. The lowest BCUT2D eigenvalue weighted by Gasteiger charge is -2.15. The highest BCUT2D eigenvalue weighted by molar-refractivity contribution is 6.76. The van der Waals surface area contributed by atoms with Crippen molar-refractivity contribution in [2.45, 2.75) is 51.4 Å². The molecule has 0 radical (unpaired) electrons. The average molecular weight is 474 g/mol. The van der Waals surface area contributed by atoms with E-state index in [4.69, 9.17) is 29.2 Å². The van der Waals surface area contributed by atoms with Gasteiger partial charge in [-0.1, -0.05) is 25.7 Å². The van der Waals surface area contributed by atoms with Gasteiger partial charge in [-0.05, 0) is 48.2 Å². The fraction of sp³-hybridized carbons (Fsp3) is 0.360. The van der Waals surface area contributed by atoms with Crippen LogP contribution in [0.1, 0.15) is 29.2 Å². The number of aryl methyl sites for hydroxylation is 1. The molecule has 0 aliphatic heterocycles. The summed E-state index contributed by atoms with van der Waals surface area (Å²) in [5.74, 6) is 1.07. The highest BCUT2D eigenvalue weighted by atomic mass is 28.3. The molecule has 0 amide bonds. The fourth-order valence-electron chi connectivity index (χ4n) is 4.15. The quantitative estimate of drug-likeness (QED) is 0.252. The van der Waals surface area contributed by atoms with Crippen molar-refractivity contribution >= 4 is 19.1 Å². The molecular formula is C25H27N5O3Si. The van der Waals surface area contributed by atoms with Crippen molar-refractivity contribution in [1.82, 2.24) is 19.7 Å². The summed E-state index contributed by atoms with van der Waals surface area (Å²) >= 11 is 0. The molecule has 0 spiro atoms. The van der Waals surface area contributed by atoms with Gasteiger partial charge < -0.3 is 13.9 Å². The molecule has 0 saturated heterocycles. The number of hydrogen-bond acceptors (Lipinski definition) is 7. The number of fused-ring (bicyclic) bond motifs is 2. The van der Waals surface area contributed by atoms with Gasteiger partial charge in [-0.2, -0.15) is 10.4 Å². The SMILES string of the molecule is C[Si](C)(C)CCOCn1nc(-c2cnco2)c2nc(OC3CCc4cc(C#N)ccc43)ccc21. The van der Waals surface area contributed by atoms with E-state index in [1.165, 1.54) is 6.39 Å². The van der Waals surface area contributed by atoms with Crippen LogP contribution in [-0.4, -0.2) is 34.4 Å². The van der Waals surface area contributed by atoms with E-state index in [-0.39, 0.29) is 6.10 Å². The van der Waals surface area contributed by atoms with E-state index in [0.29, 0.717) is 41.8 Å². The van der Waals surface area contributed by atoms with E-state index in [1.54, 1.807) is 6.20 Å². The molecule has 0 bridgehead atoms. The molecule has 3 heterocycles. The molecular weight excluding hydrogens is 446 g/mol. The number of nitriles is 1. The molecule has 8 nitrogen and oxygen atoms in total. The maximum absolute atomic E-state index is 9.16. The zero-order valence-electron chi connectivity index (χ0n) is 19.6. The minimum Gasteiger partial charge on any atom is -0.469 e. The van der Waals surface area contributed by atoms with E-state index < -0.39 is 8.07 Å². The van der Waals surface area contributed by atoms with Gasteiger partial charge in [0.2, 0.25) is 5.88 Å². The third-order valence-corrected chi connectivity index (χ3v) is 7.71. The summed E-state index contributed by atoms with van der Waals surface area (Å²) in [5, 5.41) is 13.9. The normalized spacial score (nSPS) is 15.4. The lowest BCUT2D eigenvalue weighted by Crippen LogP contribution is -2.22. The summed E-state index contributed by atoms with van der Waals surface area (Å²) in [4.78, 5) is 8.83. The summed E-state index contributed by atoms with van der Waals surface area (Å²) in [6.45, 7) is 8.04. The van der Waals surface area contributed by atoms with Gasteiger partial charge in [0, 0.05) is 20.7 Å². The minimum atomic E-state index is -1.17. The first-order chi connectivity index (χ1) is 16.4. The number of pyridine rings is 1. The van der Waals surface area contributed by atoms with Gasteiger partial charge in [0.15, 0.2) is 17.8 Å². The number of oxazole rings is 1. The standard InChI is InChI=1S/C25H27N5O3Si/c1-34(2,3)11-10-31-16-30-20-7-9-23(28-24(20)25(29-30)22-14-27-15-32-22)33-21-8-5-18-12-17(13-26)4-6-19(18)21/h4,6-7,9,12,14-15,21H,5,8,10-11,16H2,1-3H3. The van der Waals surface area contributed by atoms with Crippen LogP contribution in [-0.2, 0) is 17.9 Å². The second kappa shape index (κ2) is 9.04. The van der Waals surface area contributed by atoms with Crippen molar-refractivity contribution in [2.24, 2.45) is 0 Å². The molecule has 174 valence electrons. The van der Waals surface area contributed by atoms with Gasteiger partial charge in [-0.25, -0.2) is 14.6 Å². The highest BCUT2D eigenvalue weighted by Gasteiger charge is 2.26. The molecule has 3 aromatic heterocycles. The lowest BCUT2D eigenvalue weighted by atomic mass is 10.1. The molecule has 1 aliphatic carbocycles. The summed E-state index contributed by atoms with van der Waals surface area (Å²) in [6.07, 6.45) is 4.65.